The maximum Gasteiger partial charge on any atom is 0.412 e. The first kappa shape index (κ1) is 16.7. The van der Waals surface area contributed by atoms with Crippen molar-refractivity contribution in [1.82, 2.24) is 0 Å². The number of hydrogen-bond acceptors (Lipinski definition) is 3. The van der Waals surface area contributed by atoms with Gasteiger partial charge in [0, 0.05) is 17.9 Å². The van der Waals surface area contributed by atoms with Crippen molar-refractivity contribution in [3.8, 4) is 0 Å². The number of nitrogens with one attached hydrogen (secondary N) is 2. The van der Waals surface area contributed by atoms with Gasteiger partial charge in [-0.25, -0.2) is 4.79 Å². The molecule has 0 atom stereocenters. The van der Waals surface area contributed by atoms with Crippen molar-refractivity contribution in [1.29, 1.82) is 0 Å². The van der Waals surface area contributed by atoms with E-state index in [1.165, 1.54) is 32.1 Å². The van der Waals surface area contributed by atoms with E-state index in [1.807, 2.05) is 45.0 Å². The van der Waals surface area contributed by atoms with E-state index in [9.17, 15) is 4.79 Å². The number of rotatable bonds is 4. The molecule has 2 N–H and O–H groups in total. The summed E-state index contributed by atoms with van der Waals surface area (Å²) in [6.07, 6.45) is 6.38. The van der Waals surface area contributed by atoms with Crippen LogP contribution in [0.2, 0.25) is 0 Å². The lowest BCUT2D eigenvalue weighted by Gasteiger charge is -2.22. The molecule has 2 rings (SSSR count). The predicted molar refractivity (Wildman–Crippen MR) is 91.4 cm³/mol. The van der Waals surface area contributed by atoms with Crippen LogP contribution in [0.4, 0.5) is 16.2 Å². The van der Waals surface area contributed by atoms with E-state index < -0.39 is 11.7 Å². The second-order valence-corrected chi connectivity index (χ2v) is 7.09. The Balaban J connectivity index is 1.78. The third-order valence-corrected chi connectivity index (χ3v) is 3.85. The van der Waals surface area contributed by atoms with Gasteiger partial charge in [0.1, 0.15) is 5.60 Å². The number of amides is 1. The number of hydrogen-bond donors (Lipinski definition) is 2. The van der Waals surface area contributed by atoms with Crippen LogP contribution >= 0.6 is 0 Å². The van der Waals surface area contributed by atoms with E-state index in [1.54, 1.807) is 0 Å². The molecule has 1 saturated carbocycles. The Kier molecular flexibility index (Phi) is 5.69. The monoisotopic (exact) mass is 304 g/mol. The fraction of sp³-hybridized carbons (Fsp3) is 0.611. The molecule has 1 amide bonds. The predicted octanol–water partition coefficient (Wildman–Crippen LogP) is 5.03. The zero-order valence-corrected chi connectivity index (χ0v) is 13.9. The summed E-state index contributed by atoms with van der Waals surface area (Å²) in [5.74, 6) is 0.799. The summed E-state index contributed by atoms with van der Waals surface area (Å²) in [6, 6.07) is 7.78. The fourth-order valence-electron chi connectivity index (χ4n) is 2.75. The van der Waals surface area contributed by atoms with Gasteiger partial charge >= 0.3 is 6.09 Å². The van der Waals surface area contributed by atoms with Crippen LogP contribution in [0.15, 0.2) is 24.3 Å². The van der Waals surface area contributed by atoms with Crippen LogP contribution in [0.5, 0.6) is 0 Å². The lowest BCUT2D eigenvalue weighted by molar-refractivity contribution is 0.0636. The van der Waals surface area contributed by atoms with Crippen molar-refractivity contribution >= 4 is 17.5 Å². The van der Waals surface area contributed by atoms with Gasteiger partial charge in [-0.1, -0.05) is 19.3 Å². The average Bonchev–Trinajstić information content (AvgIpc) is 2.45. The lowest BCUT2D eigenvalue weighted by Crippen LogP contribution is -2.27. The van der Waals surface area contributed by atoms with Crippen molar-refractivity contribution in [3.63, 3.8) is 0 Å². The average molecular weight is 304 g/mol. The second kappa shape index (κ2) is 7.52. The molecule has 1 aromatic carbocycles. The first-order chi connectivity index (χ1) is 10.4. The Morgan fingerprint density at radius 1 is 1.09 bits per heavy atom. The number of benzene rings is 1. The summed E-state index contributed by atoms with van der Waals surface area (Å²) in [4.78, 5) is 11.7. The highest BCUT2D eigenvalue weighted by molar-refractivity contribution is 5.85. The highest BCUT2D eigenvalue weighted by Gasteiger charge is 2.16. The van der Waals surface area contributed by atoms with Crippen molar-refractivity contribution in [2.24, 2.45) is 5.92 Å². The van der Waals surface area contributed by atoms with Gasteiger partial charge in [-0.2, -0.15) is 0 Å². The molecule has 1 aromatic rings. The van der Waals surface area contributed by atoms with E-state index in [0.29, 0.717) is 0 Å². The molecule has 122 valence electrons. The standard InChI is InChI=1S/C18H28N2O2/c1-18(2,3)22-17(21)20-16-11-9-15(10-12-16)19-13-14-7-5-4-6-8-14/h9-12,14,19H,4-8,13H2,1-3H3,(H,20,21). The van der Waals surface area contributed by atoms with Crippen LogP contribution in [0.3, 0.4) is 0 Å². The zero-order valence-electron chi connectivity index (χ0n) is 13.9. The van der Waals surface area contributed by atoms with Gasteiger partial charge in [-0.05, 0) is 63.8 Å². The van der Waals surface area contributed by atoms with Crippen molar-refractivity contribution < 1.29 is 9.53 Å². The molecular weight excluding hydrogens is 276 g/mol. The van der Waals surface area contributed by atoms with Gasteiger partial charge < -0.3 is 10.1 Å². The number of carbonyl (C=O) groups excluding carboxylic acids is 1. The minimum Gasteiger partial charge on any atom is -0.444 e. The van der Waals surface area contributed by atoms with E-state index in [2.05, 4.69) is 10.6 Å². The van der Waals surface area contributed by atoms with Crippen molar-refractivity contribution in [3.05, 3.63) is 24.3 Å². The molecular formula is C18H28N2O2. The Morgan fingerprint density at radius 2 is 1.68 bits per heavy atom. The highest BCUT2D eigenvalue weighted by Crippen LogP contribution is 2.24. The van der Waals surface area contributed by atoms with E-state index >= 15 is 0 Å². The van der Waals surface area contributed by atoms with Gasteiger partial charge in [0.05, 0.1) is 0 Å². The van der Waals surface area contributed by atoms with Crippen LogP contribution in [0.25, 0.3) is 0 Å². The molecule has 1 aliphatic rings. The summed E-state index contributed by atoms with van der Waals surface area (Å²) in [6.45, 7) is 6.60. The van der Waals surface area contributed by atoms with Gasteiger partial charge in [-0.3, -0.25) is 5.32 Å². The molecule has 0 heterocycles. The first-order valence-electron chi connectivity index (χ1n) is 8.26. The Bertz CT molecular complexity index is 471. The van der Waals surface area contributed by atoms with Crippen LogP contribution in [-0.2, 0) is 4.74 Å². The molecule has 22 heavy (non-hydrogen) atoms. The molecule has 0 radical (unpaired) electrons. The van der Waals surface area contributed by atoms with Crippen molar-refractivity contribution in [2.45, 2.75) is 58.5 Å². The molecule has 1 aliphatic carbocycles. The normalized spacial score (nSPS) is 16.1. The van der Waals surface area contributed by atoms with E-state index in [-0.39, 0.29) is 0 Å². The SMILES string of the molecule is CC(C)(C)OC(=O)Nc1ccc(NCC2CCCCC2)cc1. The van der Waals surface area contributed by atoms with Crippen LogP contribution in [0, 0.1) is 5.92 Å². The third-order valence-electron chi connectivity index (χ3n) is 3.85. The quantitative estimate of drug-likeness (QED) is 0.820. The maximum absolute atomic E-state index is 11.7. The Labute approximate surface area is 133 Å². The molecule has 0 saturated heterocycles. The van der Waals surface area contributed by atoms with Crippen molar-refractivity contribution in [2.75, 3.05) is 17.2 Å². The molecule has 4 nitrogen and oxygen atoms in total. The van der Waals surface area contributed by atoms with Crippen LogP contribution in [0.1, 0.15) is 52.9 Å². The second-order valence-electron chi connectivity index (χ2n) is 7.09. The number of ether oxygens (including phenoxy) is 1. The number of carbonyl (C=O) groups is 1. The first-order valence-corrected chi connectivity index (χ1v) is 8.26. The third kappa shape index (κ3) is 5.96. The summed E-state index contributed by atoms with van der Waals surface area (Å²) in [7, 11) is 0. The van der Waals surface area contributed by atoms with E-state index in [4.69, 9.17) is 4.74 Å². The molecule has 1 fully saturated rings. The topological polar surface area (TPSA) is 50.4 Å². The highest BCUT2D eigenvalue weighted by atomic mass is 16.6. The largest absolute Gasteiger partial charge is 0.444 e. The molecule has 0 bridgehead atoms. The summed E-state index contributed by atoms with van der Waals surface area (Å²) >= 11 is 0. The molecule has 0 aliphatic heterocycles. The van der Waals surface area contributed by atoms with Gasteiger partial charge in [0.15, 0.2) is 0 Å². The summed E-state index contributed by atoms with van der Waals surface area (Å²) < 4.78 is 5.23. The molecule has 0 unspecified atom stereocenters. The molecule has 4 heteroatoms. The van der Waals surface area contributed by atoms with Crippen LogP contribution in [-0.4, -0.2) is 18.2 Å². The van der Waals surface area contributed by atoms with Crippen LogP contribution < -0.4 is 10.6 Å². The van der Waals surface area contributed by atoms with Gasteiger partial charge in [0.2, 0.25) is 0 Å². The molecule has 0 spiro atoms. The Hall–Kier alpha value is -1.71. The fourth-order valence-corrected chi connectivity index (χ4v) is 2.75. The Morgan fingerprint density at radius 3 is 2.27 bits per heavy atom. The maximum atomic E-state index is 11.7. The lowest BCUT2D eigenvalue weighted by atomic mass is 9.89. The number of anilines is 2. The zero-order chi connectivity index (χ0) is 16.0. The minimum atomic E-state index is -0.481. The smallest absolute Gasteiger partial charge is 0.412 e. The van der Waals surface area contributed by atoms with Gasteiger partial charge in [-0.15, -0.1) is 0 Å². The minimum absolute atomic E-state index is 0.421. The van der Waals surface area contributed by atoms with E-state index in [0.717, 1.165) is 23.8 Å². The summed E-state index contributed by atoms with van der Waals surface area (Å²) in [5, 5.41) is 6.23. The van der Waals surface area contributed by atoms with Gasteiger partial charge in [0.25, 0.3) is 0 Å². The summed E-state index contributed by atoms with van der Waals surface area (Å²) in [5.41, 5.74) is 1.36. The molecule has 0 aromatic heterocycles.